The maximum Gasteiger partial charge on any atom is 0.373 e. The Labute approximate surface area is 209 Å². The molecule has 0 spiro atoms. The second kappa shape index (κ2) is 10.9. The van der Waals surface area contributed by atoms with Gasteiger partial charge >= 0.3 is 17.7 Å². The van der Waals surface area contributed by atoms with Crippen LogP contribution in [0.2, 0.25) is 0 Å². The van der Waals surface area contributed by atoms with Gasteiger partial charge in [0, 0.05) is 24.7 Å². The standard InChI is InChI=1S/C23H22N4O10/c1-34-22(30)18-6-5-15(37-18)12-26-21(29)16(24-23(26)31)11-14-3-2-4-17(27(32)33)20(14)36-13-19(28)25-7-9-35-10-8-25/h2-6,11H,7-10,12-13H2,1H3,(H,24,31)/b16-11-. The molecule has 0 radical (unpaired) electrons. The van der Waals surface area contributed by atoms with Crippen LogP contribution in [0.4, 0.5) is 10.5 Å². The molecule has 14 nitrogen and oxygen atoms in total. The van der Waals surface area contributed by atoms with Gasteiger partial charge in [-0.2, -0.15) is 0 Å². The molecule has 2 fully saturated rings. The predicted molar refractivity (Wildman–Crippen MR) is 123 cm³/mol. The Bertz CT molecular complexity index is 1280. The normalized spacial score (nSPS) is 16.6. The highest BCUT2D eigenvalue weighted by molar-refractivity contribution is 6.14. The molecule has 1 aromatic heterocycles. The van der Waals surface area contributed by atoms with E-state index < -0.39 is 35.1 Å². The zero-order valence-corrected chi connectivity index (χ0v) is 19.6. The lowest BCUT2D eigenvalue weighted by molar-refractivity contribution is -0.385. The summed E-state index contributed by atoms with van der Waals surface area (Å²) in [5, 5.41) is 14.0. The summed E-state index contributed by atoms with van der Waals surface area (Å²) in [7, 11) is 1.18. The van der Waals surface area contributed by atoms with Gasteiger partial charge in [-0.15, -0.1) is 0 Å². The van der Waals surface area contributed by atoms with Gasteiger partial charge < -0.3 is 28.8 Å². The largest absolute Gasteiger partial charge is 0.476 e. The van der Waals surface area contributed by atoms with E-state index in [2.05, 4.69) is 10.1 Å². The van der Waals surface area contributed by atoms with Crippen molar-refractivity contribution in [2.75, 3.05) is 40.0 Å². The van der Waals surface area contributed by atoms with E-state index in [9.17, 15) is 29.3 Å². The molecule has 14 heteroatoms. The van der Waals surface area contributed by atoms with E-state index in [0.29, 0.717) is 26.3 Å². The monoisotopic (exact) mass is 514 g/mol. The van der Waals surface area contributed by atoms with Gasteiger partial charge in [0.05, 0.1) is 31.8 Å². The van der Waals surface area contributed by atoms with Gasteiger partial charge in [0.1, 0.15) is 11.5 Å². The zero-order valence-electron chi connectivity index (χ0n) is 19.6. The van der Waals surface area contributed by atoms with Crippen LogP contribution < -0.4 is 10.1 Å². The number of carbonyl (C=O) groups excluding carboxylic acids is 4. The fraction of sp³-hybridized carbons (Fsp3) is 0.304. The van der Waals surface area contributed by atoms with Crippen molar-refractivity contribution >= 4 is 35.6 Å². The van der Waals surface area contributed by atoms with Gasteiger partial charge in [0.2, 0.25) is 11.5 Å². The SMILES string of the molecule is COC(=O)c1ccc(CN2C(=O)N/C(=C\c3cccc([N+](=O)[O-])c3OCC(=O)N3CCOCC3)C2=O)o1. The smallest absolute Gasteiger partial charge is 0.373 e. The number of urea groups is 1. The Hall–Kier alpha value is -4.72. The molecule has 2 aliphatic heterocycles. The van der Waals surface area contributed by atoms with E-state index in [4.69, 9.17) is 13.9 Å². The number of nitro benzene ring substituents is 1. The predicted octanol–water partition coefficient (Wildman–Crippen LogP) is 1.30. The van der Waals surface area contributed by atoms with Crippen LogP contribution in [0.3, 0.4) is 0 Å². The zero-order chi connectivity index (χ0) is 26.5. The van der Waals surface area contributed by atoms with Crippen LogP contribution in [0.1, 0.15) is 21.9 Å². The molecule has 0 bridgehead atoms. The van der Waals surface area contributed by atoms with Crippen molar-refractivity contribution in [2.24, 2.45) is 0 Å². The molecule has 4 amide bonds. The third kappa shape index (κ3) is 5.59. The Morgan fingerprint density at radius 3 is 2.65 bits per heavy atom. The molecule has 2 aliphatic rings. The number of hydrogen-bond donors (Lipinski definition) is 1. The van der Waals surface area contributed by atoms with E-state index in [1.807, 2.05) is 0 Å². The van der Waals surface area contributed by atoms with Crippen molar-refractivity contribution in [1.82, 2.24) is 15.1 Å². The van der Waals surface area contributed by atoms with Gasteiger partial charge in [-0.1, -0.05) is 12.1 Å². The second-order valence-electron chi connectivity index (χ2n) is 7.87. The summed E-state index contributed by atoms with van der Waals surface area (Å²) in [6.07, 6.45) is 1.23. The summed E-state index contributed by atoms with van der Waals surface area (Å²) in [6, 6.07) is 6.05. The van der Waals surface area contributed by atoms with Crippen molar-refractivity contribution in [3.05, 3.63) is 63.2 Å². The van der Waals surface area contributed by atoms with Gasteiger partial charge in [0.15, 0.2) is 6.61 Å². The molecule has 2 saturated heterocycles. The first-order valence-electron chi connectivity index (χ1n) is 11.1. The lowest BCUT2D eigenvalue weighted by Gasteiger charge is -2.26. The average molecular weight is 514 g/mol. The number of benzene rings is 1. The molecular weight excluding hydrogens is 492 g/mol. The number of hydrogen-bond acceptors (Lipinski definition) is 10. The van der Waals surface area contributed by atoms with Gasteiger partial charge in [-0.3, -0.25) is 24.6 Å². The maximum atomic E-state index is 12.9. The van der Waals surface area contributed by atoms with Crippen LogP contribution in [0.15, 0.2) is 40.4 Å². The van der Waals surface area contributed by atoms with E-state index in [1.165, 1.54) is 48.4 Å². The lowest BCUT2D eigenvalue weighted by atomic mass is 10.1. The molecule has 3 heterocycles. The maximum absolute atomic E-state index is 12.9. The number of carbonyl (C=O) groups is 4. The van der Waals surface area contributed by atoms with Gasteiger partial charge in [-0.25, -0.2) is 9.59 Å². The Morgan fingerprint density at radius 2 is 1.95 bits per heavy atom. The summed E-state index contributed by atoms with van der Waals surface area (Å²) in [6.45, 7) is 0.788. The number of nitro groups is 1. The summed E-state index contributed by atoms with van der Waals surface area (Å²) < 4.78 is 20.6. The van der Waals surface area contributed by atoms with Crippen molar-refractivity contribution in [1.29, 1.82) is 0 Å². The number of furan rings is 1. The van der Waals surface area contributed by atoms with Crippen molar-refractivity contribution < 1.29 is 42.7 Å². The number of para-hydroxylation sites is 1. The number of nitrogens with one attached hydrogen (secondary N) is 1. The summed E-state index contributed by atoms with van der Waals surface area (Å²) >= 11 is 0. The quantitative estimate of drug-likeness (QED) is 0.178. The van der Waals surface area contributed by atoms with Crippen molar-refractivity contribution in [3.63, 3.8) is 0 Å². The summed E-state index contributed by atoms with van der Waals surface area (Å²) in [5.74, 6) is -1.98. The van der Waals surface area contributed by atoms with Crippen molar-refractivity contribution in [2.45, 2.75) is 6.54 Å². The van der Waals surface area contributed by atoms with Crippen molar-refractivity contribution in [3.8, 4) is 5.75 Å². The number of amides is 4. The third-order valence-corrected chi connectivity index (χ3v) is 5.55. The van der Waals surface area contributed by atoms with E-state index in [0.717, 1.165) is 4.90 Å². The fourth-order valence-corrected chi connectivity index (χ4v) is 3.69. The van der Waals surface area contributed by atoms with E-state index in [1.54, 1.807) is 0 Å². The highest BCUT2D eigenvalue weighted by atomic mass is 16.6. The molecule has 1 aromatic carbocycles. The number of ether oxygens (including phenoxy) is 3. The number of methoxy groups -OCH3 is 1. The third-order valence-electron chi connectivity index (χ3n) is 5.55. The first kappa shape index (κ1) is 25.4. The Balaban J connectivity index is 1.54. The highest BCUT2D eigenvalue weighted by Gasteiger charge is 2.35. The van der Waals surface area contributed by atoms with E-state index >= 15 is 0 Å². The minimum Gasteiger partial charge on any atom is -0.476 e. The molecule has 1 N–H and O–H groups in total. The van der Waals surface area contributed by atoms with Crippen LogP contribution in [0, 0.1) is 10.1 Å². The van der Waals surface area contributed by atoms with E-state index in [-0.39, 0.29) is 41.0 Å². The molecule has 0 saturated carbocycles. The molecule has 37 heavy (non-hydrogen) atoms. The number of rotatable bonds is 8. The first-order chi connectivity index (χ1) is 17.8. The fourth-order valence-electron chi connectivity index (χ4n) is 3.69. The Morgan fingerprint density at radius 1 is 1.19 bits per heavy atom. The van der Waals surface area contributed by atoms with Crippen LogP contribution in [0.5, 0.6) is 5.75 Å². The van der Waals surface area contributed by atoms with Crippen LogP contribution in [-0.4, -0.2) is 78.6 Å². The molecular formula is C23H22N4O10. The topological polar surface area (TPSA) is 171 Å². The molecule has 0 atom stereocenters. The molecule has 2 aromatic rings. The molecule has 0 aliphatic carbocycles. The van der Waals surface area contributed by atoms with Crippen LogP contribution in [0.25, 0.3) is 6.08 Å². The first-order valence-corrected chi connectivity index (χ1v) is 11.1. The molecule has 0 unspecified atom stereocenters. The van der Waals surface area contributed by atoms with Crippen LogP contribution >= 0.6 is 0 Å². The molecule has 4 rings (SSSR count). The summed E-state index contributed by atoms with van der Waals surface area (Å²) in [4.78, 5) is 62.7. The Kier molecular flexibility index (Phi) is 7.48. The number of nitrogens with zero attached hydrogens (tertiary/aromatic N) is 3. The minimum atomic E-state index is -0.761. The molecule has 194 valence electrons. The minimum absolute atomic E-state index is 0.0923. The number of esters is 1. The van der Waals surface area contributed by atoms with Gasteiger partial charge in [-0.05, 0) is 18.2 Å². The lowest BCUT2D eigenvalue weighted by Crippen LogP contribution is -2.43. The average Bonchev–Trinajstić information content (AvgIpc) is 3.48. The second-order valence-corrected chi connectivity index (χ2v) is 7.87. The number of morpholine rings is 1. The number of imide groups is 1. The van der Waals surface area contributed by atoms with Gasteiger partial charge in [0.25, 0.3) is 11.8 Å². The summed E-state index contributed by atoms with van der Waals surface area (Å²) in [5.41, 5.74) is -0.473. The van der Waals surface area contributed by atoms with Crippen LogP contribution in [-0.2, 0) is 25.6 Å². The highest BCUT2D eigenvalue weighted by Crippen LogP contribution is 2.33.